The highest BCUT2D eigenvalue weighted by molar-refractivity contribution is 5.69. The molecule has 0 aromatic carbocycles. The minimum atomic E-state index is -1.76. The molecule has 2 rings (SSSR count). The van der Waals surface area contributed by atoms with Gasteiger partial charge in [0, 0.05) is 6.42 Å². The van der Waals surface area contributed by atoms with Gasteiger partial charge in [0.25, 0.3) is 0 Å². The molecule has 7 N–H and O–H groups in total. The smallest absolute Gasteiger partial charge is 0.308 e. The second-order valence-corrected chi connectivity index (χ2v) is 10.6. The second kappa shape index (κ2) is 20.3. The molecule has 2 fully saturated rings. The highest BCUT2D eigenvalue weighted by atomic mass is 16.7. The van der Waals surface area contributed by atoms with Gasteiger partial charge in [-0.15, -0.1) is 0 Å². The van der Waals surface area contributed by atoms with Gasteiger partial charge in [0.15, 0.2) is 6.29 Å². The number of esters is 1. The highest BCUT2D eigenvalue weighted by Gasteiger charge is 2.51. The van der Waals surface area contributed by atoms with Crippen LogP contribution in [0.2, 0.25) is 0 Å². The largest absolute Gasteiger partial charge is 0.433 e. The van der Waals surface area contributed by atoms with Crippen LogP contribution < -0.4 is 0 Å². The third-order valence-electron chi connectivity index (χ3n) is 7.24. The zero-order valence-corrected chi connectivity index (χ0v) is 24.4. The van der Waals surface area contributed by atoms with Crippen molar-refractivity contribution in [3.63, 3.8) is 0 Å². The molecule has 2 saturated heterocycles. The van der Waals surface area contributed by atoms with Gasteiger partial charge in [-0.1, -0.05) is 62.6 Å². The molecule has 0 aliphatic carbocycles. The first-order valence-electron chi connectivity index (χ1n) is 15.0. The Balaban J connectivity index is 1.67. The predicted octanol–water partition coefficient (Wildman–Crippen LogP) is 0.743. The molecule has 0 unspecified atom stereocenters. The summed E-state index contributed by atoms with van der Waals surface area (Å²) < 4.78 is 21.4. The Labute approximate surface area is 247 Å². The summed E-state index contributed by atoms with van der Waals surface area (Å²) in [5, 5.41) is 70.3. The number of carbonyl (C=O) groups is 1. The van der Waals surface area contributed by atoms with Gasteiger partial charge >= 0.3 is 5.97 Å². The molecule has 12 heteroatoms. The van der Waals surface area contributed by atoms with E-state index < -0.39 is 80.6 Å². The molecule has 242 valence electrons. The fourth-order valence-corrected chi connectivity index (χ4v) is 4.73. The average molecular weight is 603 g/mol. The fraction of sp³-hybridized carbons (Fsp3) is 0.767. The number of aliphatic hydroxyl groups excluding tert-OH is 7. The molecular weight excluding hydrogens is 552 g/mol. The third-order valence-corrected chi connectivity index (χ3v) is 7.24. The van der Waals surface area contributed by atoms with Crippen LogP contribution in [0.25, 0.3) is 0 Å². The van der Waals surface area contributed by atoms with Crippen molar-refractivity contribution in [3.05, 3.63) is 36.5 Å². The molecule has 2 aliphatic rings. The van der Waals surface area contributed by atoms with Crippen LogP contribution in [0, 0.1) is 0 Å². The maximum absolute atomic E-state index is 12.3. The number of allylic oxidation sites excluding steroid dienone is 6. The normalized spacial score (nSPS) is 34.1. The summed E-state index contributed by atoms with van der Waals surface area (Å²) in [5.74, 6) is -0.627. The molecule has 0 aromatic rings. The van der Waals surface area contributed by atoms with Crippen molar-refractivity contribution >= 4 is 5.97 Å². The number of ether oxygens (including phenoxy) is 4. The van der Waals surface area contributed by atoms with Crippen LogP contribution in [-0.2, 0) is 23.7 Å². The molecule has 0 saturated carbocycles. The van der Waals surface area contributed by atoms with Gasteiger partial charge in [-0.3, -0.25) is 4.79 Å². The van der Waals surface area contributed by atoms with E-state index in [2.05, 4.69) is 43.4 Å². The zero-order valence-electron chi connectivity index (χ0n) is 24.4. The lowest BCUT2D eigenvalue weighted by atomic mass is 9.97. The summed E-state index contributed by atoms with van der Waals surface area (Å²) in [6.07, 6.45) is 5.81. The molecule has 0 amide bonds. The Morgan fingerprint density at radius 1 is 0.667 bits per heavy atom. The van der Waals surface area contributed by atoms with Crippen molar-refractivity contribution in [1.29, 1.82) is 0 Å². The monoisotopic (exact) mass is 602 g/mol. The second-order valence-electron chi connectivity index (χ2n) is 10.6. The molecule has 2 heterocycles. The lowest BCUT2D eigenvalue weighted by Gasteiger charge is -2.45. The maximum Gasteiger partial charge on any atom is 0.308 e. The van der Waals surface area contributed by atoms with Crippen LogP contribution >= 0.6 is 0 Å². The van der Waals surface area contributed by atoms with E-state index in [-0.39, 0.29) is 6.42 Å². The van der Waals surface area contributed by atoms with Crippen molar-refractivity contribution in [2.75, 3.05) is 13.2 Å². The Hall–Kier alpha value is -1.71. The van der Waals surface area contributed by atoms with Crippen molar-refractivity contribution in [2.45, 2.75) is 133 Å². The summed E-state index contributed by atoms with van der Waals surface area (Å²) in [6.45, 7) is 0.723. The van der Waals surface area contributed by atoms with Gasteiger partial charge in [0.2, 0.25) is 6.29 Å². The van der Waals surface area contributed by atoms with E-state index in [0.717, 1.165) is 51.4 Å². The summed E-state index contributed by atoms with van der Waals surface area (Å²) in [4.78, 5) is 12.3. The maximum atomic E-state index is 12.3. The van der Waals surface area contributed by atoms with E-state index in [1.54, 1.807) is 0 Å². The number of hydrogen-bond acceptors (Lipinski definition) is 12. The van der Waals surface area contributed by atoms with Crippen LogP contribution in [0.15, 0.2) is 36.5 Å². The van der Waals surface area contributed by atoms with Crippen molar-refractivity contribution in [1.82, 2.24) is 0 Å². The van der Waals surface area contributed by atoms with Crippen molar-refractivity contribution in [3.8, 4) is 0 Å². The Morgan fingerprint density at radius 3 is 1.90 bits per heavy atom. The van der Waals surface area contributed by atoms with E-state index in [1.165, 1.54) is 0 Å². The summed E-state index contributed by atoms with van der Waals surface area (Å²) in [7, 11) is 0. The lowest BCUT2D eigenvalue weighted by Crippen LogP contribution is -2.64. The van der Waals surface area contributed by atoms with E-state index >= 15 is 0 Å². The lowest BCUT2D eigenvalue weighted by molar-refractivity contribution is -0.355. The number of carbonyl (C=O) groups excluding carboxylic acids is 1. The van der Waals surface area contributed by atoms with Gasteiger partial charge in [-0.2, -0.15) is 0 Å². The summed E-state index contributed by atoms with van der Waals surface area (Å²) in [5.41, 5.74) is 0. The molecule has 0 radical (unpaired) electrons. The van der Waals surface area contributed by atoms with Gasteiger partial charge in [0.1, 0.15) is 48.8 Å². The van der Waals surface area contributed by atoms with E-state index in [1.807, 2.05) is 0 Å². The number of rotatable bonds is 18. The molecule has 0 spiro atoms. The minimum Gasteiger partial charge on any atom is -0.433 e. The minimum absolute atomic E-state index is 0.0942. The van der Waals surface area contributed by atoms with E-state index in [9.17, 15) is 40.5 Å². The quantitative estimate of drug-likeness (QED) is 0.0662. The Bertz CT molecular complexity index is 829. The molecular formula is C30H50O12. The molecule has 12 nitrogen and oxygen atoms in total. The fourth-order valence-electron chi connectivity index (χ4n) is 4.73. The topological polar surface area (TPSA) is 196 Å². The number of unbranched alkanes of at least 4 members (excludes halogenated alkanes) is 5. The molecule has 0 bridgehead atoms. The zero-order chi connectivity index (χ0) is 30.9. The van der Waals surface area contributed by atoms with Crippen LogP contribution in [0.3, 0.4) is 0 Å². The van der Waals surface area contributed by atoms with Gasteiger partial charge in [-0.05, 0) is 38.5 Å². The van der Waals surface area contributed by atoms with Crippen molar-refractivity contribution < 1.29 is 59.5 Å². The first-order chi connectivity index (χ1) is 20.2. The molecule has 0 aromatic heterocycles. The molecule has 42 heavy (non-hydrogen) atoms. The van der Waals surface area contributed by atoms with Gasteiger partial charge in [0.05, 0.1) is 13.2 Å². The van der Waals surface area contributed by atoms with Crippen LogP contribution in [-0.4, -0.2) is 116 Å². The van der Waals surface area contributed by atoms with Gasteiger partial charge < -0.3 is 54.7 Å². The Kier molecular flexibility index (Phi) is 17.6. The third kappa shape index (κ3) is 11.8. The highest BCUT2D eigenvalue weighted by Crippen LogP contribution is 2.29. The van der Waals surface area contributed by atoms with Gasteiger partial charge in [-0.25, -0.2) is 0 Å². The molecule has 10 atom stereocenters. The Morgan fingerprint density at radius 2 is 1.24 bits per heavy atom. The average Bonchev–Trinajstić information content (AvgIpc) is 2.98. The first kappa shape index (κ1) is 36.5. The van der Waals surface area contributed by atoms with Crippen LogP contribution in [0.1, 0.15) is 71.1 Å². The van der Waals surface area contributed by atoms with Crippen LogP contribution in [0.4, 0.5) is 0 Å². The van der Waals surface area contributed by atoms with E-state index in [0.29, 0.717) is 6.42 Å². The van der Waals surface area contributed by atoms with E-state index in [4.69, 9.17) is 18.9 Å². The standard InChI is InChI=1S/C30H50O12/c1-2-3-4-5-6-7-8-9-10-11-12-13-14-15-16-17-22(33)41-29-27(38)25(36)28(21(19-32)40-29)42-30-26(37)24(35)23(34)20(18-31)39-30/h3-4,6-7,9-10,20-21,23-32,34-38H,2,5,8,11-19H2,1H3/b4-3-,7-6-,10-9-/t20-,21-,23-,24+,25-,26-,27-,28-,29+,30-/m1/s1. The summed E-state index contributed by atoms with van der Waals surface area (Å²) >= 11 is 0. The first-order valence-corrected chi connectivity index (χ1v) is 15.0. The summed E-state index contributed by atoms with van der Waals surface area (Å²) in [6, 6.07) is 0. The predicted molar refractivity (Wildman–Crippen MR) is 152 cm³/mol. The number of aliphatic hydroxyl groups is 7. The van der Waals surface area contributed by atoms with Crippen molar-refractivity contribution in [2.24, 2.45) is 0 Å². The van der Waals surface area contributed by atoms with Crippen LogP contribution in [0.5, 0.6) is 0 Å². The number of hydrogen-bond donors (Lipinski definition) is 7. The SMILES string of the molecule is CC/C=C\C/C=C\C/C=C\CCCCCCCC(=O)O[C@@H]1O[C@H](CO)[C@@H](O[C@H]2O[C@H](CO)[C@@H](O)[C@H](O)[C@H]2O)[C@H](O)[C@H]1O. The molecule has 2 aliphatic heterocycles.